The van der Waals surface area contributed by atoms with E-state index in [1.807, 2.05) is 0 Å². The molecule has 5 atom stereocenters. The summed E-state index contributed by atoms with van der Waals surface area (Å²) in [6.07, 6.45) is -1.42. The summed E-state index contributed by atoms with van der Waals surface area (Å²) in [6.45, 7) is 0.391. The molecule has 0 spiro atoms. The average Bonchev–Trinajstić information content (AvgIpc) is 3.05. The Kier molecular flexibility index (Phi) is 4.10. The van der Waals surface area contributed by atoms with Gasteiger partial charge in [0.25, 0.3) is 12.3 Å². The zero-order valence-corrected chi connectivity index (χ0v) is 11.8. The van der Waals surface area contributed by atoms with Gasteiger partial charge in [0.2, 0.25) is 0 Å². The monoisotopic (exact) mass is 312 g/mol. The molecule has 1 aromatic heterocycles. The quantitative estimate of drug-likeness (QED) is 0.778. The number of alkyl halides is 2. The molecule has 120 valence electrons. The van der Waals surface area contributed by atoms with Gasteiger partial charge in [0, 0.05) is 18.3 Å². The van der Waals surface area contributed by atoms with E-state index < -0.39 is 24.5 Å². The zero-order chi connectivity index (χ0) is 15.9. The number of hydrogen-bond donors (Lipinski definition) is 3. The highest BCUT2D eigenvalue weighted by Gasteiger charge is 2.51. The Hall–Kier alpha value is -1.60. The van der Waals surface area contributed by atoms with Gasteiger partial charge in [0.05, 0.1) is 12.2 Å². The minimum absolute atomic E-state index is 0.00877. The van der Waals surface area contributed by atoms with E-state index in [4.69, 9.17) is 0 Å². The fraction of sp³-hybridized carbons (Fsp3) is 0.600. The minimum Gasteiger partial charge on any atom is -0.390 e. The highest BCUT2D eigenvalue weighted by atomic mass is 19.3. The van der Waals surface area contributed by atoms with Crippen molar-refractivity contribution in [3.05, 3.63) is 29.6 Å². The molecule has 2 fully saturated rings. The maximum absolute atomic E-state index is 12.4. The molecule has 0 aliphatic heterocycles. The number of halogens is 2. The first-order valence-corrected chi connectivity index (χ1v) is 7.35. The first kappa shape index (κ1) is 15.3. The van der Waals surface area contributed by atoms with Crippen molar-refractivity contribution in [2.24, 2.45) is 17.8 Å². The van der Waals surface area contributed by atoms with Gasteiger partial charge in [0.1, 0.15) is 5.69 Å². The van der Waals surface area contributed by atoms with Gasteiger partial charge in [-0.05, 0) is 42.7 Å². The van der Waals surface area contributed by atoms with Crippen molar-refractivity contribution in [2.75, 3.05) is 6.54 Å². The maximum Gasteiger partial charge on any atom is 0.269 e. The number of fused-ring (bicyclic) bond motifs is 2. The number of pyridine rings is 1. The number of hydrogen-bond acceptors (Lipinski definition) is 4. The SMILES string of the molecule is O=C(NC[C@H]1C[C@@H]2C[C@H]1[C@@H](O)[C@H]2O)c1ccc(C(F)F)cn1. The second kappa shape index (κ2) is 5.89. The van der Waals surface area contributed by atoms with Gasteiger partial charge in [-0.3, -0.25) is 9.78 Å². The summed E-state index contributed by atoms with van der Waals surface area (Å²) in [7, 11) is 0. The van der Waals surface area contributed by atoms with Crippen molar-refractivity contribution in [3.63, 3.8) is 0 Å². The second-order valence-electron chi connectivity index (χ2n) is 6.12. The number of nitrogens with one attached hydrogen (secondary N) is 1. The summed E-state index contributed by atoms with van der Waals surface area (Å²) in [5.41, 5.74) is -0.130. The van der Waals surface area contributed by atoms with Crippen molar-refractivity contribution in [1.29, 1.82) is 0 Å². The zero-order valence-electron chi connectivity index (χ0n) is 11.8. The molecule has 2 aliphatic rings. The van der Waals surface area contributed by atoms with Crippen molar-refractivity contribution >= 4 is 5.91 Å². The molecule has 5 nitrogen and oxygen atoms in total. The first-order chi connectivity index (χ1) is 10.5. The van der Waals surface area contributed by atoms with E-state index in [0.717, 1.165) is 19.0 Å². The van der Waals surface area contributed by atoms with Crippen LogP contribution in [0.1, 0.15) is 35.3 Å². The molecule has 0 aromatic carbocycles. The van der Waals surface area contributed by atoms with E-state index in [0.29, 0.717) is 6.54 Å². The van der Waals surface area contributed by atoms with E-state index in [1.165, 1.54) is 12.1 Å². The summed E-state index contributed by atoms with van der Waals surface area (Å²) in [5, 5.41) is 22.3. The molecular formula is C15H18F2N2O3. The summed E-state index contributed by atoms with van der Waals surface area (Å²) in [6, 6.07) is 2.46. The van der Waals surface area contributed by atoms with Crippen LogP contribution in [0, 0.1) is 17.8 Å². The lowest BCUT2D eigenvalue weighted by atomic mass is 9.85. The third-order valence-corrected chi connectivity index (χ3v) is 4.85. The number of nitrogens with zero attached hydrogens (tertiary/aromatic N) is 1. The molecule has 0 saturated heterocycles. The topological polar surface area (TPSA) is 82.5 Å². The van der Waals surface area contributed by atoms with Gasteiger partial charge in [-0.15, -0.1) is 0 Å². The Bertz CT molecular complexity index is 550. The standard InChI is InChI=1S/C15H18F2N2O3/c16-14(17)7-1-2-11(18-5-7)15(22)19-6-9-3-8-4-10(9)13(21)12(8)20/h1-2,5,8-10,12-14,20-21H,3-4,6H2,(H,19,22)/t8-,9-,10-,12+,13-/m1/s1. The van der Waals surface area contributed by atoms with Crippen LogP contribution in [0.3, 0.4) is 0 Å². The maximum atomic E-state index is 12.4. The Labute approximate surface area is 126 Å². The van der Waals surface area contributed by atoms with Crippen LogP contribution >= 0.6 is 0 Å². The molecule has 1 amide bonds. The predicted octanol–water partition coefficient (Wildman–Crippen LogP) is 1.13. The Morgan fingerprint density at radius 1 is 1.32 bits per heavy atom. The molecule has 2 bridgehead atoms. The number of carbonyl (C=O) groups is 1. The van der Waals surface area contributed by atoms with Crippen molar-refractivity contribution in [1.82, 2.24) is 10.3 Å². The lowest BCUT2D eigenvalue weighted by molar-refractivity contribution is -0.0332. The number of aliphatic hydroxyl groups excluding tert-OH is 2. The van der Waals surface area contributed by atoms with E-state index >= 15 is 0 Å². The smallest absolute Gasteiger partial charge is 0.269 e. The largest absolute Gasteiger partial charge is 0.390 e. The van der Waals surface area contributed by atoms with Crippen LogP contribution in [0.25, 0.3) is 0 Å². The number of amides is 1. The van der Waals surface area contributed by atoms with Crippen LogP contribution in [0.15, 0.2) is 18.3 Å². The molecule has 7 heteroatoms. The van der Waals surface area contributed by atoms with Crippen LogP contribution in [0.2, 0.25) is 0 Å². The van der Waals surface area contributed by atoms with Gasteiger partial charge in [-0.1, -0.05) is 0 Å². The third-order valence-electron chi connectivity index (χ3n) is 4.85. The summed E-state index contributed by atoms with van der Waals surface area (Å²) in [4.78, 5) is 15.7. The summed E-state index contributed by atoms with van der Waals surface area (Å²) in [5.74, 6) is -0.175. The predicted molar refractivity (Wildman–Crippen MR) is 73.2 cm³/mol. The highest BCUT2D eigenvalue weighted by Crippen LogP contribution is 2.48. The molecule has 0 radical (unpaired) electrons. The fourth-order valence-electron chi connectivity index (χ4n) is 3.65. The average molecular weight is 312 g/mol. The van der Waals surface area contributed by atoms with E-state index in [-0.39, 0.29) is 29.0 Å². The van der Waals surface area contributed by atoms with Crippen molar-refractivity contribution in [2.45, 2.75) is 31.5 Å². The Morgan fingerprint density at radius 2 is 2.09 bits per heavy atom. The molecule has 2 saturated carbocycles. The highest BCUT2D eigenvalue weighted by molar-refractivity contribution is 5.92. The molecule has 1 heterocycles. The van der Waals surface area contributed by atoms with Crippen LogP contribution in [-0.4, -0.2) is 39.9 Å². The third kappa shape index (κ3) is 2.70. The summed E-state index contributed by atoms with van der Waals surface area (Å²) >= 11 is 0. The van der Waals surface area contributed by atoms with Crippen LogP contribution < -0.4 is 5.32 Å². The van der Waals surface area contributed by atoms with Crippen LogP contribution in [0.5, 0.6) is 0 Å². The lowest BCUT2D eigenvalue weighted by Gasteiger charge is -2.29. The molecule has 2 aliphatic carbocycles. The molecule has 3 N–H and O–H groups in total. The minimum atomic E-state index is -2.61. The number of aliphatic hydroxyl groups is 2. The normalized spacial score (nSPS) is 33.4. The van der Waals surface area contributed by atoms with Gasteiger partial charge < -0.3 is 15.5 Å². The molecule has 0 unspecified atom stereocenters. The van der Waals surface area contributed by atoms with Crippen LogP contribution in [-0.2, 0) is 0 Å². The van der Waals surface area contributed by atoms with E-state index in [2.05, 4.69) is 10.3 Å². The van der Waals surface area contributed by atoms with Gasteiger partial charge in [0.15, 0.2) is 0 Å². The van der Waals surface area contributed by atoms with Gasteiger partial charge >= 0.3 is 0 Å². The Morgan fingerprint density at radius 3 is 2.64 bits per heavy atom. The lowest BCUT2D eigenvalue weighted by Crippen LogP contribution is -2.41. The molecule has 22 heavy (non-hydrogen) atoms. The van der Waals surface area contributed by atoms with Crippen molar-refractivity contribution < 1.29 is 23.8 Å². The van der Waals surface area contributed by atoms with E-state index in [1.54, 1.807) is 0 Å². The molecular weight excluding hydrogens is 294 g/mol. The van der Waals surface area contributed by atoms with Crippen LogP contribution in [0.4, 0.5) is 8.78 Å². The molecule has 1 aromatic rings. The van der Waals surface area contributed by atoms with Gasteiger partial charge in [-0.25, -0.2) is 8.78 Å². The van der Waals surface area contributed by atoms with Gasteiger partial charge in [-0.2, -0.15) is 0 Å². The number of carbonyl (C=O) groups excluding carboxylic acids is 1. The first-order valence-electron chi connectivity index (χ1n) is 7.35. The fourth-order valence-corrected chi connectivity index (χ4v) is 3.65. The Balaban J connectivity index is 1.55. The summed E-state index contributed by atoms with van der Waals surface area (Å²) < 4.78 is 24.8. The van der Waals surface area contributed by atoms with E-state index in [9.17, 15) is 23.8 Å². The van der Waals surface area contributed by atoms with Crippen molar-refractivity contribution in [3.8, 4) is 0 Å². The second-order valence-corrected chi connectivity index (χ2v) is 6.12. The number of rotatable bonds is 4. The molecule has 3 rings (SSSR count). The number of aromatic nitrogens is 1.